The molecule has 0 aliphatic heterocycles. The summed E-state index contributed by atoms with van der Waals surface area (Å²) in [6, 6.07) is 7.87. The van der Waals surface area contributed by atoms with Gasteiger partial charge in [0.25, 0.3) is 0 Å². The van der Waals surface area contributed by atoms with E-state index in [1.54, 1.807) is 12.1 Å². The Balaban J connectivity index is 1.44. The van der Waals surface area contributed by atoms with Crippen molar-refractivity contribution in [2.24, 2.45) is 5.92 Å². The monoisotopic (exact) mass is 426 g/mol. The Hall–Kier alpha value is -3.09. The number of Topliss-reactive ketones (excluding diaryl/α,β-unsaturated/α-hetero) is 1. The summed E-state index contributed by atoms with van der Waals surface area (Å²) in [5, 5.41) is 3.40. The van der Waals surface area contributed by atoms with Crippen molar-refractivity contribution in [3.05, 3.63) is 59.4 Å². The summed E-state index contributed by atoms with van der Waals surface area (Å²) in [7, 11) is 0. The number of halogens is 3. The number of H-pyrrole nitrogens is 1. The van der Waals surface area contributed by atoms with Crippen molar-refractivity contribution in [1.82, 2.24) is 10.3 Å². The van der Waals surface area contributed by atoms with E-state index >= 15 is 0 Å². The maximum atomic E-state index is 14.4. The average molecular weight is 426 g/mol. The van der Waals surface area contributed by atoms with Crippen molar-refractivity contribution in [3.63, 3.8) is 0 Å². The van der Waals surface area contributed by atoms with Crippen LogP contribution in [0.5, 0.6) is 0 Å². The van der Waals surface area contributed by atoms with Gasteiger partial charge in [-0.2, -0.15) is 0 Å². The quantitative estimate of drug-likeness (QED) is 0.618. The van der Waals surface area contributed by atoms with Crippen LogP contribution in [0.4, 0.5) is 13.2 Å². The van der Waals surface area contributed by atoms with Crippen molar-refractivity contribution in [2.75, 3.05) is 0 Å². The molecule has 2 aliphatic carbocycles. The first kappa shape index (κ1) is 19.8. The first-order valence-corrected chi connectivity index (χ1v) is 10.5. The molecule has 5 rings (SSSR count). The maximum Gasteiger partial charge on any atom is 0.223 e. The van der Waals surface area contributed by atoms with Gasteiger partial charge >= 0.3 is 0 Å². The highest BCUT2D eigenvalue weighted by atomic mass is 19.1. The number of aromatic nitrogens is 1. The van der Waals surface area contributed by atoms with Gasteiger partial charge in [-0.15, -0.1) is 0 Å². The molecule has 1 heterocycles. The minimum atomic E-state index is -0.691. The Morgan fingerprint density at radius 1 is 1.03 bits per heavy atom. The van der Waals surface area contributed by atoms with Gasteiger partial charge in [0.2, 0.25) is 5.91 Å². The predicted octanol–water partition coefficient (Wildman–Crippen LogP) is 4.98. The molecule has 1 atom stereocenters. The van der Waals surface area contributed by atoms with Crippen LogP contribution >= 0.6 is 0 Å². The molecule has 160 valence electrons. The summed E-state index contributed by atoms with van der Waals surface area (Å²) in [5.41, 5.74) is 2.24. The van der Waals surface area contributed by atoms with Crippen LogP contribution in [-0.4, -0.2) is 22.7 Å². The van der Waals surface area contributed by atoms with Crippen molar-refractivity contribution < 1.29 is 22.8 Å². The highest BCUT2D eigenvalue weighted by molar-refractivity contribution is 5.93. The molecule has 0 bridgehead atoms. The summed E-state index contributed by atoms with van der Waals surface area (Å²) in [4.78, 5) is 27.1. The van der Waals surface area contributed by atoms with Gasteiger partial charge in [0.05, 0.1) is 11.2 Å². The fourth-order valence-electron chi connectivity index (χ4n) is 4.83. The molecule has 4 nitrogen and oxygen atoms in total. The minimum absolute atomic E-state index is 0.0593. The molecule has 0 radical (unpaired) electrons. The molecule has 2 fully saturated rings. The number of aromatic amines is 1. The molecule has 7 heteroatoms. The van der Waals surface area contributed by atoms with Gasteiger partial charge in [-0.25, -0.2) is 13.2 Å². The highest BCUT2D eigenvalue weighted by Crippen LogP contribution is 2.48. The average Bonchev–Trinajstić information content (AvgIpc) is 3.25. The lowest BCUT2D eigenvalue weighted by Crippen LogP contribution is -2.42. The molecule has 1 amide bonds. The van der Waals surface area contributed by atoms with E-state index in [0.717, 1.165) is 11.6 Å². The van der Waals surface area contributed by atoms with Gasteiger partial charge in [-0.3, -0.25) is 9.59 Å². The molecule has 2 aliphatic rings. The van der Waals surface area contributed by atoms with Gasteiger partial charge in [0.15, 0.2) is 0 Å². The lowest BCUT2D eigenvalue weighted by atomic mass is 9.69. The van der Waals surface area contributed by atoms with E-state index in [4.69, 9.17) is 0 Å². The molecular weight excluding hydrogens is 405 g/mol. The standard InChI is InChI=1S/C24H21F3N2O2/c25-15-3-1-12(2-4-15)22-21(19-9-16(26)10-20(27)23(19)29-22)13-7-14(8-13)24(31)28-17-5-6-18(30)11-17/h1-4,9-10,13-14,17,29H,5-8,11H2,(H,28,31)/t13?,14?,17-/m0/s1. The summed E-state index contributed by atoms with van der Waals surface area (Å²) in [6.07, 6.45) is 2.66. The fourth-order valence-corrected chi connectivity index (χ4v) is 4.83. The first-order chi connectivity index (χ1) is 14.9. The summed E-state index contributed by atoms with van der Waals surface area (Å²) in [5.74, 6) is -1.91. The third-order valence-electron chi connectivity index (χ3n) is 6.51. The fraction of sp³-hybridized carbons (Fsp3) is 0.333. The van der Waals surface area contributed by atoms with E-state index in [1.807, 2.05) is 0 Å². The maximum absolute atomic E-state index is 14.4. The SMILES string of the molecule is O=C1CC[C@H](NC(=O)C2CC(c3c(-c4ccc(F)cc4)[nH]c4c(F)cc(F)cc34)C2)C1. The molecule has 3 aromatic rings. The van der Waals surface area contributed by atoms with E-state index in [2.05, 4.69) is 10.3 Å². The van der Waals surface area contributed by atoms with Crippen molar-refractivity contribution in [1.29, 1.82) is 0 Å². The minimum Gasteiger partial charge on any atom is -0.353 e. The number of hydrogen-bond donors (Lipinski definition) is 2. The Kier molecular flexibility index (Phi) is 4.84. The van der Waals surface area contributed by atoms with Crippen LogP contribution in [-0.2, 0) is 9.59 Å². The van der Waals surface area contributed by atoms with Gasteiger partial charge in [-0.05, 0) is 66.6 Å². The van der Waals surface area contributed by atoms with E-state index < -0.39 is 11.6 Å². The summed E-state index contributed by atoms with van der Waals surface area (Å²) < 4.78 is 41.8. The number of rotatable bonds is 4. The number of fused-ring (bicyclic) bond motifs is 1. The second-order valence-electron chi connectivity index (χ2n) is 8.58. The van der Waals surface area contributed by atoms with E-state index in [0.29, 0.717) is 48.7 Å². The zero-order valence-corrected chi connectivity index (χ0v) is 16.7. The first-order valence-electron chi connectivity index (χ1n) is 10.5. The van der Waals surface area contributed by atoms with Crippen molar-refractivity contribution in [3.8, 4) is 11.3 Å². The van der Waals surface area contributed by atoms with E-state index in [9.17, 15) is 22.8 Å². The molecule has 2 N–H and O–H groups in total. The van der Waals surface area contributed by atoms with Gasteiger partial charge in [0.1, 0.15) is 23.2 Å². The highest BCUT2D eigenvalue weighted by Gasteiger charge is 2.39. The Bertz CT molecular complexity index is 1180. The van der Waals surface area contributed by atoms with Crippen LogP contribution in [0.3, 0.4) is 0 Å². The Morgan fingerprint density at radius 2 is 1.77 bits per heavy atom. The van der Waals surface area contributed by atoms with Crippen molar-refractivity contribution >= 4 is 22.6 Å². The molecule has 1 aromatic heterocycles. The van der Waals surface area contributed by atoms with Gasteiger partial charge in [0, 0.05) is 36.3 Å². The molecule has 2 aromatic carbocycles. The molecule has 2 saturated carbocycles. The van der Waals surface area contributed by atoms with Gasteiger partial charge < -0.3 is 10.3 Å². The number of carbonyl (C=O) groups is 2. The van der Waals surface area contributed by atoms with Crippen LogP contribution in [0.2, 0.25) is 0 Å². The zero-order chi connectivity index (χ0) is 21.7. The van der Waals surface area contributed by atoms with Gasteiger partial charge in [-0.1, -0.05) is 0 Å². The van der Waals surface area contributed by atoms with E-state index in [-0.39, 0.29) is 40.9 Å². The summed E-state index contributed by atoms with van der Waals surface area (Å²) >= 11 is 0. The predicted molar refractivity (Wildman–Crippen MR) is 110 cm³/mol. The van der Waals surface area contributed by atoms with E-state index in [1.165, 1.54) is 18.2 Å². The number of carbonyl (C=O) groups excluding carboxylic acids is 2. The Labute approximate surface area is 176 Å². The number of ketones is 1. The lowest BCUT2D eigenvalue weighted by Gasteiger charge is -2.35. The summed E-state index contributed by atoms with van der Waals surface area (Å²) in [6.45, 7) is 0. The van der Waals surface area contributed by atoms with Crippen LogP contribution < -0.4 is 5.32 Å². The third-order valence-corrected chi connectivity index (χ3v) is 6.51. The molecule has 0 spiro atoms. The van der Waals surface area contributed by atoms with Crippen LogP contribution in [0.15, 0.2) is 36.4 Å². The number of benzene rings is 2. The second-order valence-corrected chi connectivity index (χ2v) is 8.58. The third kappa shape index (κ3) is 3.62. The largest absolute Gasteiger partial charge is 0.353 e. The Morgan fingerprint density at radius 3 is 2.45 bits per heavy atom. The zero-order valence-electron chi connectivity index (χ0n) is 16.7. The number of amides is 1. The second kappa shape index (κ2) is 7.55. The topological polar surface area (TPSA) is 62.0 Å². The molecule has 31 heavy (non-hydrogen) atoms. The van der Waals surface area contributed by atoms with Crippen LogP contribution in [0.1, 0.15) is 43.6 Å². The van der Waals surface area contributed by atoms with Crippen molar-refractivity contribution in [2.45, 2.75) is 44.1 Å². The number of hydrogen-bond acceptors (Lipinski definition) is 2. The van der Waals surface area contributed by atoms with Crippen LogP contribution in [0.25, 0.3) is 22.2 Å². The molecular formula is C24H21F3N2O2. The molecule has 0 unspecified atom stereocenters. The smallest absolute Gasteiger partial charge is 0.223 e. The molecule has 0 saturated heterocycles. The lowest BCUT2D eigenvalue weighted by molar-refractivity contribution is -0.128. The van der Waals surface area contributed by atoms with Crippen LogP contribution in [0, 0.1) is 23.4 Å². The number of nitrogens with one attached hydrogen (secondary N) is 2. The normalized spacial score (nSPS) is 23.2.